The van der Waals surface area contributed by atoms with E-state index in [9.17, 15) is 9.18 Å². The third-order valence-electron chi connectivity index (χ3n) is 2.81. The van der Waals surface area contributed by atoms with Gasteiger partial charge in [-0.25, -0.2) is 4.39 Å². The summed E-state index contributed by atoms with van der Waals surface area (Å²) in [5.41, 5.74) is 5.91. The first-order valence-corrected chi connectivity index (χ1v) is 6.37. The smallest absolute Gasteiger partial charge is 0.241 e. The lowest BCUT2D eigenvalue weighted by Gasteiger charge is -2.12. The van der Waals surface area contributed by atoms with E-state index in [1.807, 2.05) is 0 Å². The van der Waals surface area contributed by atoms with Gasteiger partial charge in [-0.3, -0.25) is 4.79 Å². The van der Waals surface area contributed by atoms with Gasteiger partial charge in [0, 0.05) is 4.47 Å². The van der Waals surface area contributed by atoms with Crippen LogP contribution in [0.3, 0.4) is 0 Å². The Hall–Kier alpha value is -0.940. The van der Waals surface area contributed by atoms with E-state index in [-0.39, 0.29) is 11.6 Å². The van der Waals surface area contributed by atoms with Crippen LogP contribution in [-0.4, -0.2) is 11.9 Å². The second-order valence-electron chi connectivity index (χ2n) is 4.40. The van der Waals surface area contributed by atoms with Gasteiger partial charge in [-0.1, -0.05) is 28.8 Å². The van der Waals surface area contributed by atoms with Crippen molar-refractivity contribution in [2.75, 3.05) is 5.32 Å². The fraction of sp³-hybridized carbons (Fsp3) is 0.417. The number of nitrogens with one attached hydrogen (secondary N) is 1. The highest BCUT2D eigenvalue weighted by Crippen LogP contribution is 2.33. The van der Waals surface area contributed by atoms with Crippen molar-refractivity contribution < 1.29 is 9.18 Å². The number of benzene rings is 1. The minimum atomic E-state index is -0.555. The summed E-state index contributed by atoms with van der Waals surface area (Å²) in [6.45, 7) is 0. The van der Waals surface area contributed by atoms with Crippen molar-refractivity contribution in [2.24, 2.45) is 11.7 Å². The number of carbonyl (C=O) groups excluding carboxylic acids is 1. The first-order chi connectivity index (χ1) is 8.06. The number of halogens is 2. The monoisotopic (exact) mass is 300 g/mol. The molecular formula is C12H14BrFN2O. The normalized spacial score (nSPS) is 16.6. The van der Waals surface area contributed by atoms with E-state index in [4.69, 9.17) is 5.73 Å². The highest BCUT2D eigenvalue weighted by molar-refractivity contribution is 9.10. The summed E-state index contributed by atoms with van der Waals surface area (Å²) in [6, 6.07) is 3.85. The Morgan fingerprint density at radius 2 is 2.29 bits per heavy atom. The molecule has 1 atom stereocenters. The van der Waals surface area contributed by atoms with Crippen molar-refractivity contribution in [3.05, 3.63) is 28.5 Å². The molecule has 1 aliphatic rings. The minimum Gasteiger partial charge on any atom is -0.322 e. The van der Waals surface area contributed by atoms with Crippen LogP contribution in [-0.2, 0) is 4.79 Å². The highest BCUT2D eigenvalue weighted by atomic mass is 79.9. The van der Waals surface area contributed by atoms with Gasteiger partial charge in [-0.2, -0.15) is 0 Å². The Morgan fingerprint density at radius 3 is 2.94 bits per heavy atom. The van der Waals surface area contributed by atoms with E-state index >= 15 is 0 Å². The quantitative estimate of drug-likeness (QED) is 0.898. The molecule has 0 bridgehead atoms. The fourth-order valence-electron chi connectivity index (χ4n) is 1.64. The van der Waals surface area contributed by atoms with Crippen molar-refractivity contribution in [2.45, 2.75) is 25.3 Å². The molecule has 92 valence electrons. The number of carbonyl (C=O) groups is 1. The van der Waals surface area contributed by atoms with Crippen LogP contribution < -0.4 is 11.1 Å². The van der Waals surface area contributed by atoms with Gasteiger partial charge >= 0.3 is 0 Å². The van der Waals surface area contributed by atoms with Crippen LogP contribution in [0.4, 0.5) is 10.1 Å². The number of hydrogen-bond donors (Lipinski definition) is 2. The van der Waals surface area contributed by atoms with E-state index in [2.05, 4.69) is 21.2 Å². The minimum absolute atomic E-state index is 0.163. The van der Waals surface area contributed by atoms with Crippen molar-refractivity contribution in [1.29, 1.82) is 0 Å². The van der Waals surface area contributed by atoms with E-state index < -0.39 is 11.9 Å². The van der Waals surface area contributed by atoms with Gasteiger partial charge in [-0.15, -0.1) is 0 Å². The highest BCUT2D eigenvalue weighted by Gasteiger charge is 2.27. The van der Waals surface area contributed by atoms with Crippen molar-refractivity contribution >= 4 is 27.5 Å². The first-order valence-electron chi connectivity index (χ1n) is 5.58. The van der Waals surface area contributed by atoms with Crippen LogP contribution in [0.2, 0.25) is 0 Å². The molecule has 0 saturated heterocycles. The van der Waals surface area contributed by atoms with Gasteiger partial charge in [0.05, 0.1) is 11.7 Å². The predicted octanol–water partition coefficient (Wildman–Crippen LogP) is 2.65. The maximum Gasteiger partial charge on any atom is 0.241 e. The van der Waals surface area contributed by atoms with Gasteiger partial charge in [0.25, 0.3) is 0 Å². The predicted molar refractivity (Wildman–Crippen MR) is 68.0 cm³/mol. The lowest BCUT2D eigenvalue weighted by atomic mass is 10.1. The molecule has 1 aromatic rings. The maximum atomic E-state index is 13.4. The number of anilines is 1. The Labute approximate surface area is 108 Å². The topological polar surface area (TPSA) is 55.1 Å². The van der Waals surface area contributed by atoms with Gasteiger partial charge in [0.15, 0.2) is 0 Å². The molecule has 0 spiro atoms. The molecule has 0 aliphatic heterocycles. The SMILES string of the molecule is N[C@@H](CC1CC1)C(=O)Nc1cc(Br)ccc1F. The van der Waals surface area contributed by atoms with Gasteiger partial charge in [-0.05, 0) is 30.5 Å². The summed E-state index contributed by atoms with van der Waals surface area (Å²) >= 11 is 3.22. The third-order valence-corrected chi connectivity index (χ3v) is 3.30. The molecule has 0 unspecified atom stereocenters. The van der Waals surface area contributed by atoms with Crippen molar-refractivity contribution in [3.8, 4) is 0 Å². The summed E-state index contributed by atoms with van der Waals surface area (Å²) in [7, 11) is 0. The van der Waals surface area contributed by atoms with Gasteiger partial charge < -0.3 is 11.1 Å². The molecule has 1 fully saturated rings. The molecule has 1 aliphatic carbocycles. The summed E-state index contributed by atoms with van der Waals surface area (Å²) in [5, 5.41) is 2.51. The fourth-order valence-corrected chi connectivity index (χ4v) is 2.00. The van der Waals surface area contributed by atoms with Crippen LogP contribution in [0.5, 0.6) is 0 Å². The Bertz CT molecular complexity index is 435. The van der Waals surface area contributed by atoms with E-state index in [1.54, 1.807) is 6.07 Å². The molecule has 3 N–H and O–H groups in total. The van der Waals surface area contributed by atoms with Crippen LogP contribution in [0, 0.1) is 11.7 Å². The summed E-state index contributed by atoms with van der Waals surface area (Å²) < 4.78 is 14.1. The zero-order valence-electron chi connectivity index (χ0n) is 9.25. The molecule has 1 saturated carbocycles. The number of hydrogen-bond acceptors (Lipinski definition) is 2. The number of amides is 1. The Balaban J connectivity index is 1.98. The summed E-state index contributed by atoms with van der Waals surface area (Å²) in [5.74, 6) is -0.211. The first kappa shape index (κ1) is 12.5. The van der Waals surface area contributed by atoms with Crippen molar-refractivity contribution in [3.63, 3.8) is 0 Å². The number of rotatable bonds is 4. The van der Waals surface area contributed by atoms with Gasteiger partial charge in [0.1, 0.15) is 5.82 Å². The lowest BCUT2D eigenvalue weighted by molar-refractivity contribution is -0.117. The molecule has 17 heavy (non-hydrogen) atoms. The van der Waals surface area contributed by atoms with Crippen molar-refractivity contribution in [1.82, 2.24) is 0 Å². The molecule has 1 aromatic carbocycles. The average Bonchev–Trinajstić information content (AvgIpc) is 3.07. The molecule has 0 heterocycles. The molecule has 3 nitrogen and oxygen atoms in total. The summed E-state index contributed by atoms with van der Waals surface area (Å²) in [6.07, 6.45) is 2.97. The maximum absolute atomic E-state index is 13.4. The zero-order chi connectivity index (χ0) is 12.4. The molecule has 0 aromatic heterocycles. The lowest BCUT2D eigenvalue weighted by Crippen LogP contribution is -2.36. The van der Waals surface area contributed by atoms with Crippen LogP contribution >= 0.6 is 15.9 Å². The molecule has 0 radical (unpaired) electrons. The van der Waals surface area contributed by atoms with Gasteiger partial charge in [0.2, 0.25) is 5.91 Å². The average molecular weight is 301 g/mol. The molecular weight excluding hydrogens is 287 g/mol. The van der Waals surface area contributed by atoms with E-state index in [0.29, 0.717) is 16.8 Å². The number of nitrogens with two attached hydrogens (primary N) is 1. The second-order valence-corrected chi connectivity index (χ2v) is 5.31. The molecule has 1 amide bonds. The van der Waals surface area contributed by atoms with E-state index in [1.165, 1.54) is 12.1 Å². The van der Waals surface area contributed by atoms with Crippen LogP contribution in [0.15, 0.2) is 22.7 Å². The standard InChI is InChI=1S/C12H14BrFN2O/c13-8-3-4-9(14)11(6-8)16-12(17)10(15)5-7-1-2-7/h3-4,6-7,10H,1-2,5,15H2,(H,16,17)/t10-/m0/s1. The van der Waals surface area contributed by atoms with E-state index in [0.717, 1.165) is 12.8 Å². The third kappa shape index (κ3) is 3.51. The molecule has 2 rings (SSSR count). The Morgan fingerprint density at radius 1 is 1.59 bits per heavy atom. The van der Waals surface area contributed by atoms with Crippen LogP contribution in [0.1, 0.15) is 19.3 Å². The molecule has 5 heteroatoms. The largest absolute Gasteiger partial charge is 0.322 e. The second kappa shape index (κ2) is 5.14. The van der Waals surface area contributed by atoms with Crippen LogP contribution in [0.25, 0.3) is 0 Å². The zero-order valence-corrected chi connectivity index (χ0v) is 10.8. The Kier molecular flexibility index (Phi) is 3.79. The summed E-state index contributed by atoms with van der Waals surface area (Å²) in [4.78, 5) is 11.7.